The number of ether oxygens (including phenoxy) is 1. The van der Waals surface area contributed by atoms with Crippen LogP contribution in [0, 0.1) is 6.92 Å². The van der Waals surface area contributed by atoms with Gasteiger partial charge in [0.25, 0.3) is 10.0 Å². The van der Waals surface area contributed by atoms with Crippen LogP contribution in [0.5, 0.6) is 0 Å². The van der Waals surface area contributed by atoms with Gasteiger partial charge in [0.2, 0.25) is 0 Å². The summed E-state index contributed by atoms with van der Waals surface area (Å²) in [5.74, 6) is 0.585. The van der Waals surface area contributed by atoms with E-state index >= 15 is 0 Å². The third-order valence-electron chi connectivity index (χ3n) is 3.70. The average Bonchev–Trinajstić information content (AvgIpc) is 3.08. The number of aryl methyl sites for hydroxylation is 1. The molecule has 3 aromatic rings. The van der Waals surface area contributed by atoms with Crippen molar-refractivity contribution in [3.63, 3.8) is 0 Å². The Bertz CT molecular complexity index is 1060. The van der Waals surface area contributed by atoms with Crippen LogP contribution >= 0.6 is 0 Å². The van der Waals surface area contributed by atoms with Gasteiger partial charge in [-0.15, -0.1) is 0 Å². The number of carbonyl (C=O) groups is 1. The second kappa shape index (κ2) is 7.63. The maximum atomic E-state index is 12.6. The summed E-state index contributed by atoms with van der Waals surface area (Å²) >= 11 is 0. The van der Waals surface area contributed by atoms with Crippen LogP contribution in [-0.4, -0.2) is 26.0 Å². The molecule has 1 aromatic heterocycles. The number of nitrogens with zero attached hydrogens (tertiary/aromatic N) is 1. The third kappa shape index (κ3) is 4.35. The van der Waals surface area contributed by atoms with E-state index in [1.165, 1.54) is 18.2 Å². The predicted octanol–water partition coefficient (Wildman–Crippen LogP) is 3.63. The van der Waals surface area contributed by atoms with Gasteiger partial charge in [-0.2, -0.15) is 0 Å². The Balaban J connectivity index is 1.80. The van der Waals surface area contributed by atoms with Gasteiger partial charge in [0, 0.05) is 18.2 Å². The van der Waals surface area contributed by atoms with Gasteiger partial charge in [-0.3, -0.25) is 4.72 Å². The van der Waals surface area contributed by atoms with Crippen molar-refractivity contribution in [2.45, 2.75) is 18.7 Å². The Morgan fingerprint density at radius 1 is 1.19 bits per heavy atom. The molecule has 1 N–H and O–H groups in total. The normalized spacial score (nSPS) is 11.2. The molecule has 0 saturated carbocycles. The molecule has 0 aliphatic heterocycles. The monoisotopic (exact) mass is 386 g/mol. The fourth-order valence-electron chi connectivity index (χ4n) is 2.43. The molecule has 140 valence electrons. The zero-order valence-electron chi connectivity index (χ0n) is 14.8. The molecule has 0 fully saturated rings. The molecule has 0 bridgehead atoms. The van der Waals surface area contributed by atoms with Crippen LogP contribution in [0.25, 0.3) is 11.3 Å². The van der Waals surface area contributed by atoms with Crippen LogP contribution < -0.4 is 4.72 Å². The zero-order chi connectivity index (χ0) is 19.4. The summed E-state index contributed by atoms with van der Waals surface area (Å²) in [6.07, 6.45) is 1.58. The summed E-state index contributed by atoms with van der Waals surface area (Å²) in [4.78, 5) is 15.9. The van der Waals surface area contributed by atoms with Crippen LogP contribution in [0.4, 0.5) is 5.69 Å². The Kier molecular flexibility index (Phi) is 5.27. The van der Waals surface area contributed by atoms with Crippen molar-refractivity contribution in [3.05, 3.63) is 66.2 Å². The average molecular weight is 386 g/mol. The van der Waals surface area contributed by atoms with Gasteiger partial charge in [0.05, 0.1) is 23.3 Å². The third-order valence-corrected chi connectivity index (χ3v) is 5.09. The molecule has 2 aromatic carbocycles. The number of sulfonamides is 1. The second-order valence-electron chi connectivity index (χ2n) is 5.67. The van der Waals surface area contributed by atoms with Crippen molar-refractivity contribution >= 4 is 21.7 Å². The van der Waals surface area contributed by atoms with E-state index in [-0.39, 0.29) is 22.8 Å². The smallest absolute Gasteiger partial charge is 0.338 e. The molecule has 0 atom stereocenters. The highest BCUT2D eigenvalue weighted by Crippen LogP contribution is 2.23. The number of hydrogen-bond donors (Lipinski definition) is 1. The molecular weight excluding hydrogens is 368 g/mol. The maximum Gasteiger partial charge on any atom is 0.338 e. The van der Waals surface area contributed by atoms with E-state index in [9.17, 15) is 13.2 Å². The van der Waals surface area contributed by atoms with Gasteiger partial charge in [0.15, 0.2) is 11.7 Å². The van der Waals surface area contributed by atoms with E-state index in [0.29, 0.717) is 11.7 Å². The van der Waals surface area contributed by atoms with Gasteiger partial charge >= 0.3 is 5.97 Å². The highest BCUT2D eigenvalue weighted by Gasteiger charge is 2.16. The first kappa shape index (κ1) is 18.7. The van der Waals surface area contributed by atoms with Gasteiger partial charge in [-0.1, -0.05) is 6.07 Å². The van der Waals surface area contributed by atoms with E-state index in [0.717, 1.165) is 5.56 Å². The number of hydrogen-bond acceptors (Lipinski definition) is 6. The van der Waals surface area contributed by atoms with Crippen LogP contribution in [0.2, 0.25) is 0 Å². The molecule has 0 unspecified atom stereocenters. The second-order valence-corrected chi connectivity index (χ2v) is 7.36. The van der Waals surface area contributed by atoms with Crippen molar-refractivity contribution in [1.29, 1.82) is 0 Å². The molecule has 0 radical (unpaired) electrons. The first-order valence-electron chi connectivity index (χ1n) is 8.22. The van der Waals surface area contributed by atoms with Crippen LogP contribution in [0.15, 0.2) is 64.0 Å². The molecule has 8 heteroatoms. The summed E-state index contributed by atoms with van der Waals surface area (Å²) in [5, 5.41) is 0. The van der Waals surface area contributed by atoms with Crippen molar-refractivity contribution < 1.29 is 22.4 Å². The molecule has 7 nitrogen and oxygen atoms in total. The lowest BCUT2D eigenvalue weighted by Gasteiger charge is -2.10. The number of nitrogens with one attached hydrogen (secondary N) is 1. The molecule has 3 rings (SSSR count). The fraction of sp³-hybridized carbons (Fsp3) is 0.158. The Hall–Kier alpha value is -3.13. The van der Waals surface area contributed by atoms with Crippen molar-refractivity contribution in [3.8, 4) is 11.3 Å². The van der Waals surface area contributed by atoms with E-state index in [1.54, 1.807) is 50.4 Å². The lowest BCUT2D eigenvalue weighted by molar-refractivity contribution is 0.0526. The number of esters is 1. The van der Waals surface area contributed by atoms with E-state index in [1.807, 2.05) is 0 Å². The minimum atomic E-state index is -3.81. The van der Waals surface area contributed by atoms with E-state index < -0.39 is 16.0 Å². The van der Waals surface area contributed by atoms with Gasteiger partial charge < -0.3 is 9.15 Å². The molecule has 27 heavy (non-hydrogen) atoms. The summed E-state index contributed by atoms with van der Waals surface area (Å²) in [7, 11) is -3.81. The molecule has 0 saturated heterocycles. The van der Waals surface area contributed by atoms with Crippen LogP contribution in [-0.2, 0) is 14.8 Å². The van der Waals surface area contributed by atoms with E-state index in [2.05, 4.69) is 9.71 Å². The maximum absolute atomic E-state index is 12.6. The fourth-order valence-corrected chi connectivity index (χ4v) is 3.48. The summed E-state index contributed by atoms with van der Waals surface area (Å²) in [6, 6.07) is 12.4. The first-order valence-corrected chi connectivity index (χ1v) is 9.70. The first-order chi connectivity index (χ1) is 12.9. The molecule has 0 aliphatic carbocycles. The minimum absolute atomic E-state index is 0.0871. The predicted molar refractivity (Wildman–Crippen MR) is 99.9 cm³/mol. The largest absolute Gasteiger partial charge is 0.462 e. The highest BCUT2D eigenvalue weighted by molar-refractivity contribution is 7.92. The number of carbonyl (C=O) groups excluding carboxylic acids is 1. The number of rotatable bonds is 6. The quantitative estimate of drug-likeness (QED) is 0.650. The van der Waals surface area contributed by atoms with Crippen molar-refractivity contribution in [1.82, 2.24) is 4.98 Å². The zero-order valence-corrected chi connectivity index (χ0v) is 15.6. The van der Waals surface area contributed by atoms with Crippen LogP contribution in [0.3, 0.4) is 0 Å². The summed E-state index contributed by atoms with van der Waals surface area (Å²) in [6.45, 7) is 3.68. The summed E-state index contributed by atoms with van der Waals surface area (Å²) < 4.78 is 38.0. The molecular formula is C19H18N2O5S. The Labute approximate surface area is 157 Å². The molecule has 0 amide bonds. The lowest BCUT2D eigenvalue weighted by Crippen LogP contribution is -2.13. The standard InChI is InChI=1S/C19H18N2O5S/c1-3-25-19(22)15-5-4-6-16(11-15)21-27(23,24)17-9-7-14(8-10-17)18-12-20-13(2)26-18/h4-12,21H,3H2,1-2H3. The number of aromatic nitrogens is 1. The van der Waals surface area contributed by atoms with Gasteiger partial charge in [-0.05, 0) is 49.4 Å². The SMILES string of the molecule is CCOC(=O)c1cccc(NS(=O)(=O)c2ccc(-c3cnc(C)o3)cc2)c1. The Morgan fingerprint density at radius 3 is 2.56 bits per heavy atom. The molecule has 0 aliphatic rings. The van der Waals surface area contributed by atoms with Gasteiger partial charge in [-0.25, -0.2) is 18.2 Å². The minimum Gasteiger partial charge on any atom is -0.462 e. The van der Waals surface area contributed by atoms with Gasteiger partial charge in [0.1, 0.15) is 0 Å². The lowest BCUT2D eigenvalue weighted by atomic mass is 10.2. The molecule has 1 heterocycles. The van der Waals surface area contributed by atoms with Crippen molar-refractivity contribution in [2.24, 2.45) is 0 Å². The van der Waals surface area contributed by atoms with Crippen molar-refractivity contribution in [2.75, 3.05) is 11.3 Å². The highest BCUT2D eigenvalue weighted by atomic mass is 32.2. The van der Waals surface area contributed by atoms with E-state index in [4.69, 9.17) is 9.15 Å². The topological polar surface area (TPSA) is 98.5 Å². The number of oxazole rings is 1. The number of anilines is 1. The molecule has 0 spiro atoms. The van der Waals surface area contributed by atoms with Crippen LogP contribution in [0.1, 0.15) is 23.2 Å². The Morgan fingerprint density at radius 2 is 1.93 bits per heavy atom. The summed E-state index contributed by atoms with van der Waals surface area (Å²) in [5.41, 5.74) is 1.27. The number of benzene rings is 2.